The summed E-state index contributed by atoms with van der Waals surface area (Å²) >= 11 is 1.65. The summed E-state index contributed by atoms with van der Waals surface area (Å²) in [6.45, 7) is 0. The fourth-order valence-electron chi connectivity index (χ4n) is 3.42. The number of pyridine rings is 3. The lowest BCUT2D eigenvalue weighted by Crippen LogP contribution is -1.85. The predicted molar refractivity (Wildman–Crippen MR) is 113 cm³/mol. The SMILES string of the molecule is c1cncc(-c2cnc3[nH]nc(-c4nc5c(-c6cccs6)nccc5[nH]4)c3c2)c1. The molecule has 0 saturated carbocycles. The Hall–Kier alpha value is -3.91. The van der Waals surface area contributed by atoms with Gasteiger partial charge in [-0.3, -0.25) is 15.1 Å². The van der Waals surface area contributed by atoms with Gasteiger partial charge in [-0.15, -0.1) is 11.3 Å². The summed E-state index contributed by atoms with van der Waals surface area (Å²) in [5.74, 6) is 0.683. The summed E-state index contributed by atoms with van der Waals surface area (Å²) in [5.41, 5.74) is 6.04. The molecular weight excluding hydrogens is 382 g/mol. The first-order valence-electron chi connectivity index (χ1n) is 9.00. The molecule has 29 heavy (non-hydrogen) atoms. The number of imidazole rings is 1. The van der Waals surface area contributed by atoms with Gasteiger partial charge in [-0.1, -0.05) is 12.1 Å². The van der Waals surface area contributed by atoms with Gasteiger partial charge in [-0.05, 0) is 29.6 Å². The molecule has 7 nitrogen and oxygen atoms in total. The van der Waals surface area contributed by atoms with Crippen molar-refractivity contribution in [2.45, 2.75) is 0 Å². The van der Waals surface area contributed by atoms with Crippen molar-refractivity contribution in [3.8, 4) is 33.2 Å². The van der Waals surface area contributed by atoms with Crippen LogP contribution in [-0.4, -0.2) is 35.1 Å². The molecule has 6 aromatic heterocycles. The number of aromatic nitrogens is 7. The molecule has 6 aromatic rings. The summed E-state index contributed by atoms with van der Waals surface area (Å²) < 4.78 is 0. The van der Waals surface area contributed by atoms with E-state index < -0.39 is 0 Å². The van der Waals surface area contributed by atoms with Crippen LogP contribution in [0, 0.1) is 0 Å². The summed E-state index contributed by atoms with van der Waals surface area (Å²) in [7, 11) is 0. The Morgan fingerprint density at radius 1 is 0.897 bits per heavy atom. The second-order valence-corrected chi connectivity index (χ2v) is 7.50. The number of rotatable bonds is 3. The number of fused-ring (bicyclic) bond motifs is 2. The highest BCUT2D eigenvalue weighted by molar-refractivity contribution is 7.13. The van der Waals surface area contributed by atoms with Crippen LogP contribution >= 0.6 is 11.3 Å². The molecule has 0 bridgehead atoms. The molecule has 138 valence electrons. The average Bonchev–Trinajstić information content (AvgIpc) is 3.52. The smallest absolute Gasteiger partial charge is 0.159 e. The number of aromatic amines is 2. The largest absolute Gasteiger partial charge is 0.336 e. The number of hydrogen-bond donors (Lipinski definition) is 2. The van der Waals surface area contributed by atoms with Crippen LogP contribution in [0.3, 0.4) is 0 Å². The molecule has 6 rings (SSSR count). The zero-order chi connectivity index (χ0) is 19.2. The Bertz CT molecular complexity index is 1450. The molecule has 0 aliphatic rings. The van der Waals surface area contributed by atoms with E-state index in [0.717, 1.165) is 43.8 Å². The van der Waals surface area contributed by atoms with E-state index in [4.69, 9.17) is 4.98 Å². The molecule has 6 heterocycles. The topological polar surface area (TPSA) is 96.0 Å². The van der Waals surface area contributed by atoms with Gasteiger partial charge in [0.15, 0.2) is 11.5 Å². The number of nitrogens with zero attached hydrogens (tertiary/aromatic N) is 5. The Balaban J connectivity index is 1.53. The molecule has 0 unspecified atom stereocenters. The molecule has 0 spiro atoms. The average molecular weight is 395 g/mol. The highest BCUT2D eigenvalue weighted by Crippen LogP contribution is 2.32. The second-order valence-electron chi connectivity index (χ2n) is 6.55. The van der Waals surface area contributed by atoms with Crippen LogP contribution in [-0.2, 0) is 0 Å². The molecule has 0 radical (unpaired) electrons. The number of hydrogen-bond acceptors (Lipinski definition) is 6. The fraction of sp³-hybridized carbons (Fsp3) is 0. The van der Waals surface area contributed by atoms with Gasteiger partial charge in [-0.25, -0.2) is 9.97 Å². The number of thiophene rings is 1. The van der Waals surface area contributed by atoms with Gasteiger partial charge in [0.2, 0.25) is 0 Å². The molecule has 0 amide bonds. The van der Waals surface area contributed by atoms with Crippen molar-refractivity contribution < 1.29 is 0 Å². The van der Waals surface area contributed by atoms with Gasteiger partial charge in [0.25, 0.3) is 0 Å². The maximum atomic E-state index is 4.83. The van der Waals surface area contributed by atoms with Crippen molar-refractivity contribution in [1.82, 2.24) is 35.1 Å². The van der Waals surface area contributed by atoms with Crippen molar-refractivity contribution in [1.29, 1.82) is 0 Å². The van der Waals surface area contributed by atoms with Crippen LogP contribution in [0.5, 0.6) is 0 Å². The van der Waals surface area contributed by atoms with Crippen molar-refractivity contribution >= 4 is 33.4 Å². The molecule has 0 aliphatic carbocycles. The van der Waals surface area contributed by atoms with Crippen molar-refractivity contribution in [3.05, 3.63) is 66.6 Å². The zero-order valence-corrected chi connectivity index (χ0v) is 15.8. The van der Waals surface area contributed by atoms with E-state index >= 15 is 0 Å². The molecule has 0 saturated heterocycles. The normalized spacial score (nSPS) is 11.4. The van der Waals surface area contributed by atoms with E-state index in [-0.39, 0.29) is 0 Å². The minimum absolute atomic E-state index is 0.683. The quantitative estimate of drug-likeness (QED) is 0.453. The van der Waals surface area contributed by atoms with Gasteiger partial charge in [0.05, 0.1) is 15.8 Å². The Labute approximate surface area is 168 Å². The standard InChI is InChI=1S/C21H13N7S/c1-3-12(10-22-6-1)13-9-14-17(27-28-20(14)24-11-13)21-25-15-5-7-23-19(18(15)26-21)16-4-2-8-29-16/h1-11H,(H,25,26)(H,24,27,28). The molecule has 0 aromatic carbocycles. The molecule has 0 atom stereocenters. The Morgan fingerprint density at radius 3 is 2.76 bits per heavy atom. The summed E-state index contributed by atoms with van der Waals surface area (Å²) in [6, 6.07) is 12.0. The maximum Gasteiger partial charge on any atom is 0.159 e. The van der Waals surface area contributed by atoms with Crippen LogP contribution in [0.1, 0.15) is 0 Å². The zero-order valence-electron chi connectivity index (χ0n) is 15.0. The third-order valence-corrected chi connectivity index (χ3v) is 5.67. The highest BCUT2D eigenvalue weighted by Gasteiger charge is 2.17. The predicted octanol–water partition coefficient (Wildman–Crippen LogP) is 4.69. The first-order chi connectivity index (χ1) is 14.4. The third kappa shape index (κ3) is 2.61. The van der Waals surface area contributed by atoms with Gasteiger partial charge < -0.3 is 4.98 Å². The van der Waals surface area contributed by atoms with Crippen molar-refractivity contribution in [2.75, 3.05) is 0 Å². The highest BCUT2D eigenvalue weighted by atomic mass is 32.1. The van der Waals surface area contributed by atoms with E-state index in [9.17, 15) is 0 Å². The van der Waals surface area contributed by atoms with E-state index in [2.05, 4.69) is 42.3 Å². The van der Waals surface area contributed by atoms with Crippen LogP contribution in [0.4, 0.5) is 0 Å². The first kappa shape index (κ1) is 16.1. The van der Waals surface area contributed by atoms with E-state index in [1.165, 1.54) is 0 Å². The van der Waals surface area contributed by atoms with Crippen molar-refractivity contribution in [3.63, 3.8) is 0 Å². The Kier molecular flexibility index (Phi) is 3.50. The minimum atomic E-state index is 0.683. The lowest BCUT2D eigenvalue weighted by Gasteiger charge is -2.00. The molecule has 2 N–H and O–H groups in total. The minimum Gasteiger partial charge on any atom is -0.336 e. The van der Waals surface area contributed by atoms with Crippen LogP contribution in [0.25, 0.3) is 55.3 Å². The first-order valence-corrected chi connectivity index (χ1v) is 9.88. The lowest BCUT2D eigenvalue weighted by molar-refractivity contribution is 1.09. The number of nitrogens with one attached hydrogen (secondary N) is 2. The van der Waals surface area contributed by atoms with Gasteiger partial charge >= 0.3 is 0 Å². The molecular formula is C21H13N7S. The fourth-order valence-corrected chi connectivity index (χ4v) is 4.14. The molecule has 0 fully saturated rings. The third-order valence-electron chi connectivity index (χ3n) is 4.79. The summed E-state index contributed by atoms with van der Waals surface area (Å²) in [5, 5.41) is 10.4. The van der Waals surface area contributed by atoms with Crippen LogP contribution in [0.2, 0.25) is 0 Å². The number of H-pyrrole nitrogens is 2. The Morgan fingerprint density at radius 2 is 1.90 bits per heavy atom. The molecule has 8 heteroatoms. The van der Waals surface area contributed by atoms with Crippen molar-refractivity contribution in [2.24, 2.45) is 0 Å². The second kappa shape index (κ2) is 6.32. The summed E-state index contributed by atoms with van der Waals surface area (Å²) in [6.07, 6.45) is 7.19. The van der Waals surface area contributed by atoms with E-state index in [1.807, 2.05) is 42.0 Å². The van der Waals surface area contributed by atoms with Crippen LogP contribution in [0.15, 0.2) is 66.6 Å². The van der Waals surface area contributed by atoms with Gasteiger partial charge in [0, 0.05) is 35.9 Å². The molecule has 0 aliphatic heterocycles. The monoisotopic (exact) mass is 395 g/mol. The van der Waals surface area contributed by atoms with E-state index in [0.29, 0.717) is 11.5 Å². The maximum absolute atomic E-state index is 4.83. The summed E-state index contributed by atoms with van der Waals surface area (Å²) in [4.78, 5) is 22.6. The van der Waals surface area contributed by atoms with E-state index in [1.54, 1.807) is 23.7 Å². The van der Waals surface area contributed by atoms with Crippen LogP contribution < -0.4 is 0 Å². The van der Waals surface area contributed by atoms with Gasteiger partial charge in [0.1, 0.15) is 16.9 Å². The van der Waals surface area contributed by atoms with Gasteiger partial charge in [-0.2, -0.15) is 5.10 Å². The lowest BCUT2D eigenvalue weighted by atomic mass is 10.1.